The van der Waals surface area contributed by atoms with Gasteiger partial charge in [0, 0.05) is 0 Å². The summed E-state index contributed by atoms with van der Waals surface area (Å²) in [5, 5.41) is 0. The average Bonchev–Trinajstić information content (AvgIpc) is 1.61. The molecule has 0 bridgehead atoms. The minimum atomic E-state index is 0. The SMILES string of the molecule is [CH-]=C/C=C\[C](N)=[Co].[NH2-]. The molecule has 0 heterocycles. The van der Waals surface area contributed by atoms with Gasteiger partial charge in [-0.1, -0.05) is 0 Å². The molecule has 0 spiro atoms. The van der Waals surface area contributed by atoms with Crippen molar-refractivity contribution in [1.82, 2.24) is 0 Å². The minimum Gasteiger partial charge on any atom is -0.693 e. The van der Waals surface area contributed by atoms with Gasteiger partial charge in [0.2, 0.25) is 0 Å². The Labute approximate surface area is 57.2 Å². The smallest absolute Gasteiger partial charge is 0.693 e. The second kappa shape index (κ2) is 6.78. The molecule has 0 radical (unpaired) electrons. The predicted octanol–water partition coefficient (Wildman–Crippen LogP) is 0.884. The van der Waals surface area contributed by atoms with Gasteiger partial charge in [-0.3, -0.25) is 0 Å². The van der Waals surface area contributed by atoms with E-state index in [0.29, 0.717) is 4.58 Å². The third-order valence-corrected chi connectivity index (χ3v) is 0.533. The summed E-state index contributed by atoms with van der Waals surface area (Å²) in [6.45, 7) is 4.96. The molecule has 0 aliphatic heterocycles. The van der Waals surface area contributed by atoms with Gasteiger partial charge in [-0.15, -0.1) is 0 Å². The first-order valence-electron chi connectivity index (χ1n) is 1.74. The molecule has 0 saturated heterocycles. The van der Waals surface area contributed by atoms with Gasteiger partial charge in [-0.05, 0) is 0 Å². The Bertz CT molecular complexity index is 107. The molecule has 4 N–H and O–H groups in total. The zero-order chi connectivity index (χ0) is 5.70. The second-order valence-electron chi connectivity index (χ2n) is 0.911. The van der Waals surface area contributed by atoms with E-state index in [2.05, 4.69) is 15.3 Å². The fraction of sp³-hybridized carbons (Fsp3) is 0. The minimum absolute atomic E-state index is 0. The quantitative estimate of drug-likeness (QED) is 0.467. The molecule has 0 aromatic heterocycles. The number of rotatable bonds is 2. The van der Waals surface area contributed by atoms with Crippen LogP contribution in [0.4, 0.5) is 0 Å². The van der Waals surface area contributed by atoms with Gasteiger partial charge >= 0.3 is 50.4 Å². The molecule has 0 rings (SSSR count). The first-order valence-corrected chi connectivity index (χ1v) is 2.26. The molecule has 0 atom stereocenters. The maximum Gasteiger partial charge on any atom is -0.693 e. The molecule has 0 amide bonds. The van der Waals surface area contributed by atoms with Crippen molar-refractivity contribution in [2.75, 3.05) is 0 Å². The maximum atomic E-state index is 5.09. The Kier molecular flexibility index (Phi) is 9.07. The summed E-state index contributed by atoms with van der Waals surface area (Å²) in [5.74, 6) is 0. The zero-order valence-corrected chi connectivity index (χ0v) is 5.34. The van der Waals surface area contributed by atoms with E-state index in [1.54, 1.807) is 12.2 Å². The molecule has 2 nitrogen and oxygen atoms in total. The standard InChI is InChI=1S/C5H6N.Co.H2N/c1-2-3-4-5-6;;/h1-4H,6H2;;1H2/q-1;;-1/b4-3-;;. The van der Waals surface area contributed by atoms with Crippen LogP contribution < -0.4 is 5.73 Å². The van der Waals surface area contributed by atoms with Crippen LogP contribution in [0.3, 0.4) is 0 Å². The van der Waals surface area contributed by atoms with Crippen LogP contribution in [0, 0.1) is 6.58 Å². The summed E-state index contributed by atoms with van der Waals surface area (Å²) in [4.78, 5) is 0. The topological polar surface area (TPSA) is 59.5 Å². The van der Waals surface area contributed by atoms with Crippen LogP contribution in [0.5, 0.6) is 0 Å². The Morgan fingerprint density at radius 3 is 2.25 bits per heavy atom. The van der Waals surface area contributed by atoms with E-state index >= 15 is 0 Å². The van der Waals surface area contributed by atoms with Crippen LogP contribution >= 0.6 is 0 Å². The van der Waals surface area contributed by atoms with Gasteiger partial charge in [0.25, 0.3) is 0 Å². The zero-order valence-electron chi connectivity index (χ0n) is 4.30. The Morgan fingerprint density at radius 2 is 2.12 bits per heavy atom. The second-order valence-corrected chi connectivity index (χ2v) is 1.51. The van der Waals surface area contributed by atoms with Crippen molar-refractivity contribution in [3.63, 3.8) is 0 Å². The van der Waals surface area contributed by atoms with E-state index in [4.69, 9.17) is 12.3 Å². The van der Waals surface area contributed by atoms with E-state index < -0.39 is 0 Å². The first-order chi connectivity index (χ1) is 3.27. The molecule has 0 unspecified atom stereocenters. The predicted molar refractivity (Wildman–Crippen MR) is 32.5 cm³/mol. The molecular formula is C5H8CoN2-2. The number of hydrogen-bond donors (Lipinski definition) is 1. The van der Waals surface area contributed by atoms with Crippen LogP contribution in [0.25, 0.3) is 6.15 Å². The third kappa shape index (κ3) is 9.24. The molecule has 0 aromatic rings. The monoisotopic (exact) mass is 155 g/mol. The molecule has 0 aliphatic rings. The van der Waals surface area contributed by atoms with Crippen molar-refractivity contribution < 1.29 is 15.3 Å². The summed E-state index contributed by atoms with van der Waals surface area (Å²) >= 11 is 3.81. The third-order valence-electron chi connectivity index (χ3n) is 0.359. The Hall–Kier alpha value is -0.224. The van der Waals surface area contributed by atoms with Gasteiger partial charge < -0.3 is 6.15 Å². The van der Waals surface area contributed by atoms with Crippen molar-refractivity contribution in [2.45, 2.75) is 0 Å². The largest absolute Gasteiger partial charge is 0.693 e. The van der Waals surface area contributed by atoms with Crippen molar-refractivity contribution in [2.24, 2.45) is 5.73 Å². The van der Waals surface area contributed by atoms with Gasteiger partial charge in [0.05, 0.1) is 0 Å². The van der Waals surface area contributed by atoms with Crippen LogP contribution in [0.1, 0.15) is 0 Å². The number of hydrogen-bond acceptors (Lipinski definition) is 1. The van der Waals surface area contributed by atoms with Crippen LogP contribution in [0.15, 0.2) is 18.2 Å². The van der Waals surface area contributed by atoms with E-state index in [1.165, 1.54) is 6.08 Å². The molecule has 3 heteroatoms. The van der Waals surface area contributed by atoms with Crippen molar-refractivity contribution in [1.29, 1.82) is 0 Å². The summed E-state index contributed by atoms with van der Waals surface area (Å²) in [5.41, 5.74) is 5.09. The molecule has 49 valence electrons. The van der Waals surface area contributed by atoms with Gasteiger partial charge in [-0.25, -0.2) is 0 Å². The molecule has 0 saturated carbocycles. The molecule has 0 fully saturated rings. The average molecular weight is 155 g/mol. The fourth-order valence-electron chi connectivity index (χ4n) is 0.143. The van der Waals surface area contributed by atoms with Crippen molar-refractivity contribution >= 4 is 4.58 Å². The Morgan fingerprint density at radius 1 is 1.62 bits per heavy atom. The Balaban J connectivity index is 0. The van der Waals surface area contributed by atoms with Crippen molar-refractivity contribution in [3.8, 4) is 0 Å². The first kappa shape index (κ1) is 10.7. The molecule has 0 aromatic carbocycles. The van der Waals surface area contributed by atoms with Gasteiger partial charge in [-0.2, -0.15) is 0 Å². The fourth-order valence-corrected chi connectivity index (χ4v) is 0.243. The van der Waals surface area contributed by atoms with Crippen LogP contribution in [0.2, 0.25) is 0 Å². The van der Waals surface area contributed by atoms with E-state index in [9.17, 15) is 0 Å². The summed E-state index contributed by atoms with van der Waals surface area (Å²) in [7, 11) is 0. The van der Waals surface area contributed by atoms with E-state index in [-0.39, 0.29) is 6.15 Å². The summed E-state index contributed by atoms with van der Waals surface area (Å²) < 4.78 is 0.453. The van der Waals surface area contributed by atoms with Gasteiger partial charge in [0.15, 0.2) is 0 Å². The van der Waals surface area contributed by atoms with Crippen molar-refractivity contribution in [3.05, 3.63) is 31.0 Å². The van der Waals surface area contributed by atoms with E-state index in [1.807, 2.05) is 0 Å². The molecular weight excluding hydrogens is 147 g/mol. The molecule has 0 aliphatic carbocycles. The van der Waals surface area contributed by atoms with Gasteiger partial charge in [0.1, 0.15) is 0 Å². The van der Waals surface area contributed by atoms with Crippen LogP contribution in [-0.4, -0.2) is 4.58 Å². The number of nitrogens with two attached hydrogens (primary N) is 2. The summed E-state index contributed by atoms with van der Waals surface area (Å²) in [6.07, 6.45) is 4.60. The maximum absolute atomic E-state index is 5.09. The van der Waals surface area contributed by atoms with Crippen LogP contribution in [-0.2, 0) is 15.3 Å². The molecule has 8 heavy (non-hydrogen) atoms. The number of allylic oxidation sites excluding steroid dienone is 2. The normalized spacial score (nSPS) is 8.25. The van der Waals surface area contributed by atoms with E-state index in [0.717, 1.165) is 0 Å². The summed E-state index contributed by atoms with van der Waals surface area (Å²) in [6, 6.07) is 0.